The van der Waals surface area contributed by atoms with Crippen molar-refractivity contribution < 1.29 is 8.78 Å². The summed E-state index contributed by atoms with van der Waals surface area (Å²) in [6.07, 6.45) is 2.49. The van der Waals surface area contributed by atoms with Gasteiger partial charge in [-0.05, 0) is 6.08 Å². The van der Waals surface area contributed by atoms with Gasteiger partial charge < -0.3 is 5.73 Å². The van der Waals surface area contributed by atoms with Gasteiger partial charge in [-0.15, -0.1) is 0 Å². The summed E-state index contributed by atoms with van der Waals surface area (Å²) in [5, 5.41) is 0. The van der Waals surface area contributed by atoms with Gasteiger partial charge in [-0.2, -0.15) is 0 Å². The van der Waals surface area contributed by atoms with Crippen molar-refractivity contribution in [2.24, 2.45) is 5.73 Å². The Kier molecular flexibility index (Phi) is 10.7. The van der Waals surface area contributed by atoms with Gasteiger partial charge in [0, 0.05) is 12.5 Å². The van der Waals surface area contributed by atoms with E-state index >= 15 is 0 Å². The van der Waals surface area contributed by atoms with Crippen molar-refractivity contribution >= 4 is 0 Å². The van der Waals surface area contributed by atoms with E-state index in [1.54, 1.807) is 0 Å². The number of hydrogen-bond donors (Lipinski definition) is 1. The van der Waals surface area contributed by atoms with Crippen LogP contribution in [0.25, 0.3) is 0 Å². The molecule has 1 nitrogen and oxygen atoms in total. The lowest BCUT2D eigenvalue weighted by Gasteiger charge is -2.08. The second-order valence-electron chi connectivity index (χ2n) is 1.98. The Bertz CT molecular complexity index is 174. The molecule has 0 aromatic heterocycles. The van der Waals surface area contributed by atoms with E-state index in [1.807, 2.05) is 27.7 Å². The zero-order valence-electron chi connectivity index (χ0n) is 8.77. The van der Waals surface area contributed by atoms with E-state index in [-0.39, 0.29) is 12.5 Å². The Morgan fingerprint density at radius 2 is 1.69 bits per heavy atom. The van der Waals surface area contributed by atoms with Gasteiger partial charge in [0.05, 0.1) is 0 Å². The molecule has 1 unspecified atom stereocenters. The van der Waals surface area contributed by atoms with Crippen molar-refractivity contribution in [1.82, 2.24) is 0 Å². The molecule has 0 fully saturated rings. The molecular weight excluding hydrogens is 172 g/mol. The van der Waals surface area contributed by atoms with Crippen molar-refractivity contribution in [3.63, 3.8) is 0 Å². The molecule has 0 aliphatic heterocycles. The lowest BCUT2D eigenvalue weighted by atomic mass is 10.1. The highest BCUT2D eigenvalue weighted by atomic mass is 19.2. The summed E-state index contributed by atoms with van der Waals surface area (Å²) in [5.74, 6) is -1.54. The SMILES string of the molecule is CC.CC.NC1C=CC(F)=C(F)C1. The molecule has 3 heteroatoms. The maximum atomic E-state index is 12.2. The molecule has 0 saturated carbocycles. The molecule has 78 valence electrons. The maximum absolute atomic E-state index is 12.2. The Labute approximate surface area is 79.3 Å². The van der Waals surface area contributed by atoms with Crippen LogP contribution in [0.4, 0.5) is 8.78 Å². The van der Waals surface area contributed by atoms with Crippen molar-refractivity contribution in [1.29, 1.82) is 0 Å². The smallest absolute Gasteiger partial charge is 0.154 e. The van der Waals surface area contributed by atoms with Gasteiger partial charge in [-0.25, -0.2) is 8.78 Å². The average molecular weight is 191 g/mol. The second-order valence-corrected chi connectivity index (χ2v) is 1.98. The van der Waals surface area contributed by atoms with Crippen LogP contribution in [0.5, 0.6) is 0 Å². The van der Waals surface area contributed by atoms with Gasteiger partial charge >= 0.3 is 0 Å². The van der Waals surface area contributed by atoms with Crippen LogP contribution in [0.15, 0.2) is 23.8 Å². The fourth-order valence-electron chi connectivity index (χ4n) is 0.671. The highest BCUT2D eigenvalue weighted by molar-refractivity contribution is 5.22. The van der Waals surface area contributed by atoms with Crippen molar-refractivity contribution in [3.8, 4) is 0 Å². The van der Waals surface area contributed by atoms with Crippen LogP contribution >= 0.6 is 0 Å². The van der Waals surface area contributed by atoms with E-state index in [1.165, 1.54) is 6.08 Å². The topological polar surface area (TPSA) is 26.0 Å². The van der Waals surface area contributed by atoms with Crippen molar-refractivity contribution in [2.75, 3.05) is 0 Å². The lowest BCUT2D eigenvalue weighted by molar-refractivity contribution is 0.500. The first-order chi connectivity index (χ1) is 6.20. The maximum Gasteiger partial charge on any atom is 0.154 e. The van der Waals surface area contributed by atoms with Crippen LogP contribution < -0.4 is 5.73 Å². The van der Waals surface area contributed by atoms with Gasteiger partial charge in [0.25, 0.3) is 0 Å². The molecule has 1 rings (SSSR count). The van der Waals surface area contributed by atoms with Crippen LogP contribution in [0, 0.1) is 0 Å². The van der Waals surface area contributed by atoms with Crippen LogP contribution in [0.1, 0.15) is 34.1 Å². The van der Waals surface area contributed by atoms with E-state index in [9.17, 15) is 8.78 Å². The zero-order chi connectivity index (χ0) is 10.9. The number of allylic oxidation sites excluding steroid dienone is 2. The molecule has 0 spiro atoms. The standard InChI is InChI=1S/C6H7F2N.2C2H6/c7-5-2-1-4(9)3-6(5)8;2*1-2/h1-2,4H,3,9H2;2*1-2H3. The summed E-state index contributed by atoms with van der Waals surface area (Å²) in [4.78, 5) is 0. The van der Waals surface area contributed by atoms with Gasteiger partial charge in [0.2, 0.25) is 0 Å². The van der Waals surface area contributed by atoms with E-state index < -0.39 is 11.7 Å². The molecule has 1 atom stereocenters. The van der Waals surface area contributed by atoms with Crippen LogP contribution in [-0.4, -0.2) is 6.04 Å². The average Bonchev–Trinajstić information content (AvgIpc) is 2.18. The summed E-state index contributed by atoms with van der Waals surface area (Å²) >= 11 is 0. The molecule has 1 aliphatic carbocycles. The molecule has 0 aromatic rings. The molecule has 0 saturated heterocycles. The first-order valence-electron chi connectivity index (χ1n) is 4.68. The summed E-state index contributed by atoms with van der Waals surface area (Å²) in [7, 11) is 0. The molecule has 0 heterocycles. The molecule has 0 bridgehead atoms. The highest BCUT2D eigenvalue weighted by Crippen LogP contribution is 2.19. The quantitative estimate of drug-likeness (QED) is 0.623. The number of nitrogens with two attached hydrogens (primary N) is 1. The number of rotatable bonds is 0. The fourth-order valence-corrected chi connectivity index (χ4v) is 0.671. The Morgan fingerprint density at radius 3 is 2.00 bits per heavy atom. The summed E-state index contributed by atoms with van der Waals surface area (Å²) in [6, 6.07) is -0.357. The van der Waals surface area contributed by atoms with Crippen LogP contribution in [-0.2, 0) is 0 Å². The largest absolute Gasteiger partial charge is 0.324 e. The summed E-state index contributed by atoms with van der Waals surface area (Å²) in [6.45, 7) is 8.00. The van der Waals surface area contributed by atoms with E-state index in [0.29, 0.717) is 0 Å². The highest BCUT2D eigenvalue weighted by Gasteiger charge is 2.11. The third-order valence-corrected chi connectivity index (χ3v) is 1.16. The van der Waals surface area contributed by atoms with Crippen LogP contribution in [0.3, 0.4) is 0 Å². The lowest BCUT2D eigenvalue weighted by Crippen LogP contribution is -2.18. The third kappa shape index (κ3) is 6.46. The Morgan fingerprint density at radius 1 is 1.23 bits per heavy atom. The van der Waals surface area contributed by atoms with Gasteiger partial charge in [0.15, 0.2) is 5.83 Å². The molecule has 13 heavy (non-hydrogen) atoms. The van der Waals surface area contributed by atoms with Crippen LogP contribution in [0.2, 0.25) is 0 Å². The van der Waals surface area contributed by atoms with Gasteiger partial charge in [0.1, 0.15) is 5.83 Å². The molecule has 2 N–H and O–H groups in total. The Balaban J connectivity index is 0. The van der Waals surface area contributed by atoms with Crippen molar-refractivity contribution in [2.45, 2.75) is 40.2 Å². The van der Waals surface area contributed by atoms with E-state index in [4.69, 9.17) is 5.73 Å². The minimum Gasteiger partial charge on any atom is -0.324 e. The summed E-state index contributed by atoms with van der Waals surface area (Å²) < 4.78 is 24.3. The van der Waals surface area contributed by atoms with E-state index in [0.717, 1.165) is 6.08 Å². The molecular formula is C10H19F2N. The van der Waals surface area contributed by atoms with E-state index in [2.05, 4.69) is 0 Å². The van der Waals surface area contributed by atoms with Gasteiger partial charge in [-0.1, -0.05) is 33.8 Å². The molecule has 1 aliphatic rings. The molecule has 0 amide bonds. The molecule has 0 radical (unpaired) electrons. The second kappa shape index (κ2) is 9.39. The predicted octanol–water partition coefficient (Wildman–Crippen LogP) is 3.48. The van der Waals surface area contributed by atoms with Gasteiger partial charge in [-0.3, -0.25) is 0 Å². The third-order valence-electron chi connectivity index (χ3n) is 1.16. The minimum absolute atomic E-state index is 0.0116. The first-order valence-corrected chi connectivity index (χ1v) is 4.68. The first kappa shape index (κ1) is 14.8. The van der Waals surface area contributed by atoms with Crippen molar-refractivity contribution in [3.05, 3.63) is 23.8 Å². The predicted molar refractivity (Wildman–Crippen MR) is 53.7 cm³/mol. The monoisotopic (exact) mass is 191 g/mol. The minimum atomic E-state index is -0.795. The number of halogens is 2. The zero-order valence-corrected chi connectivity index (χ0v) is 8.77. The summed E-state index contributed by atoms with van der Waals surface area (Å²) in [5.41, 5.74) is 5.26. The number of hydrogen-bond acceptors (Lipinski definition) is 1. The normalized spacial score (nSPS) is 19.8. The Hall–Kier alpha value is -0.700. The fraction of sp³-hybridized carbons (Fsp3) is 0.600. The molecule has 0 aromatic carbocycles.